The van der Waals surface area contributed by atoms with Crippen LogP contribution in [-0.2, 0) is 16.1 Å². The van der Waals surface area contributed by atoms with Gasteiger partial charge < -0.3 is 14.2 Å². The fraction of sp³-hybridized carbons (Fsp3) is 0.242. The number of allylic oxidation sites excluding steroid dienone is 1. The molecule has 0 N–H and O–H groups in total. The molecule has 0 bridgehead atoms. The molecule has 0 aliphatic carbocycles. The van der Waals surface area contributed by atoms with Gasteiger partial charge >= 0.3 is 5.97 Å². The monoisotopic (exact) mass is 586 g/mol. The van der Waals surface area contributed by atoms with Crippen molar-refractivity contribution in [2.45, 2.75) is 46.4 Å². The molecule has 0 fully saturated rings. The van der Waals surface area contributed by atoms with Crippen molar-refractivity contribution in [3.05, 3.63) is 126 Å². The summed E-state index contributed by atoms with van der Waals surface area (Å²) in [7, 11) is 0. The first kappa shape index (κ1) is 29.0. The largest absolute Gasteiger partial charge is 0.491 e. The minimum atomic E-state index is -0.784. The van der Waals surface area contributed by atoms with Crippen molar-refractivity contribution in [2.24, 2.45) is 4.99 Å². The van der Waals surface area contributed by atoms with E-state index in [-0.39, 0.29) is 30.7 Å². The summed E-state index contributed by atoms with van der Waals surface area (Å²) in [4.78, 5) is 32.3. The van der Waals surface area contributed by atoms with Crippen LogP contribution in [0.3, 0.4) is 0 Å². The number of esters is 1. The highest BCUT2D eigenvalue weighted by Gasteiger charge is 2.35. The van der Waals surface area contributed by atoms with Crippen LogP contribution in [0.4, 0.5) is 4.39 Å². The van der Waals surface area contributed by atoms with Gasteiger partial charge in [0, 0.05) is 11.1 Å². The summed E-state index contributed by atoms with van der Waals surface area (Å²) in [6, 6.07) is 20.3. The minimum Gasteiger partial charge on any atom is -0.491 e. The maximum absolute atomic E-state index is 14.0. The Morgan fingerprint density at radius 3 is 2.62 bits per heavy atom. The molecule has 0 radical (unpaired) electrons. The van der Waals surface area contributed by atoms with Gasteiger partial charge in [-0.05, 0) is 63.6 Å². The topological polar surface area (TPSA) is 79.1 Å². The van der Waals surface area contributed by atoms with Gasteiger partial charge in [0.1, 0.15) is 30.0 Å². The molecule has 0 amide bonds. The lowest BCUT2D eigenvalue weighted by Gasteiger charge is -2.26. The molecule has 7 nitrogen and oxygen atoms in total. The number of aromatic nitrogens is 1. The first-order chi connectivity index (χ1) is 20.3. The van der Waals surface area contributed by atoms with Crippen molar-refractivity contribution in [2.75, 3.05) is 6.61 Å². The predicted octanol–water partition coefficient (Wildman–Crippen LogP) is 5.30. The van der Waals surface area contributed by atoms with Crippen molar-refractivity contribution in [1.29, 1.82) is 0 Å². The van der Waals surface area contributed by atoms with E-state index in [4.69, 9.17) is 14.2 Å². The Bertz CT molecular complexity index is 1840. The number of carbonyl (C=O) groups excluding carboxylic acids is 1. The molecule has 1 atom stereocenters. The molecule has 9 heteroatoms. The maximum Gasteiger partial charge on any atom is 0.338 e. The third kappa shape index (κ3) is 6.06. The van der Waals surface area contributed by atoms with Crippen molar-refractivity contribution in [3.8, 4) is 11.5 Å². The van der Waals surface area contributed by atoms with Crippen molar-refractivity contribution in [1.82, 2.24) is 4.57 Å². The first-order valence-electron chi connectivity index (χ1n) is 13.7. The molecule has 1 aliphatic heterocycles. The Balaban J connectivity index is 1.58. The fourth-order valence-corrected chi connectivity index (χ4v) is 5.82. The number of nitrogens with zero attached hydrogens (tertiary/aromatic N) is 2. The van der Waals surface area contributed by atoms with E-state index >= 15 is 0 Å². The minimum absolute atomic E-state index is 0.0755. The lowest BCUT2D eigenvalue weighted by molar-refractivity contribution is -0.139. The fourth-order valence-electron chi connectivity index (χ4n) is 4.78. The van der Waals surface area contributed by atoms with Gasteiger partial charge in [0.25, 0.3) is 5.56 Å². The summed E-state index contributed by atoms with van der Waals surface area (Å²) >= 11 is 1.23. The van der Waals surface area contributed by atoms with Gasteiger partial charge in [-0.15, -0.1) is 0 Å². The molecule has 0 unspecified atom stereocenters. The SMILES string of the molecule is CCOC(=O)C1=C(C)N=c2s/c(=C\c3cccc(OCc4ccccc4F)c3)c(=O)n2[C@@H]1c1ccccc1OC(C)C. The van der Waals surface area contributed by atoms with Gasteiger partial charge in [-0.2, -0.15) is 0 Å². The zero-order valence-electron chi connectivity index (χ0n) is 23.8. The highest BCUT2D eigenvalue weighted by Crippen LogP contribution is 2.36. The molecule has 216 valence electrons. The summed E-state index contributed by atoms with van der Waals surface area (Å²) in [6.45, 7) is 7.59. The van der Waals surface area contributed by atoms with Gasteiger partial charge in [0.2, 0.25) is 0 Å². The van der Waals surface area contributed by atoms with Crippen LogP contribution >= 0.6 is 11.3 Å². The number of carbonyl (C=O) groups is 1. The quantitative estimate of drug-likeness (QED) is 0.249. The van der Waals surface area contributed by atoms with Crippen LogP contribution in [0.25, 0.3) is 6.08 Å². The number of rotatable bonds is 9. The second-order valence-corrected chi connectivity index (χ2v) is 11.0. The van der Waals surface area contributed by atoms with E-state index in [0.717, 1.165) is 5.56 Å². The second-order valence-electron chi connectivity index (χ2n) is 9.96. The number of ether oxygens (including phenoxy) is 3. The van der Waals surface area contributed by atoms with Gasteiger partial charge in [-0.25, -0.2) is 14.2 Å². The van der Waals surface area contributed by atoms with Crippen molar-refractivity contribution < 1.29 is 23.4 Å². The van der Waals surface area contributed by atoms with Crippen LogP contribution in [-0.4, -0.2) is 23.2 Å². The highest BCUT2D eigenvalue weighted by atomic mass is 32.1. The standard InChI is InChI=1S/C33H31FN2O5S/c1-5-39-32(38)29-21(4)35-33-36(30(29)25-14-7-9-16-27(25)41-20(2)3)31(37)28(42-33)18-22-11-10-13-24(17-22)40-19-23-12-6-8-15-26(23)34/h6-18,20,30H,5,19H2,1-4H3/b28-18-/t30-/m1/s1. The molecule has 0 saturated heterocycles. The molecular weight excluding hydrogens is 555 g/mol. The third-order valence-corrected chi connectivity index (χ3v) is 7.58. The van der Waals surface area contributed by atoms with Crippen molar-refractivity contribution in [3.63, 3.8) is 0 Å². The van der Waals surface area contributed by atoms with Gasteiger partial charge in [0.05, 0.1) is 28.5 Å². The Labute approximate surface area is 246 Å². The van der Waals surface area contributed by atoms with Crippen LogP contribution in [0.5, 0.6) is 11.5 Å². The van der Waals surface area contributed by atoms with E-state index in [9.17, 15) is 14.0 Å². The molecule has 5 rings (SSSR count). The van der Waals surface area contributed by atoms with Gasteiger partial charge in [-0.3, -0.25) is 9.36 Å². The summed E-state index contributed by atoms with van der Waals surface area (Å²) in [5.41, 5.74) is 2.32. The maximum atomic E-state index is 14.0. The van der Waals surface area contributed by atoms with E-state index in [0.29, 0.717) is 43.2 Å². The molecule has 0 spiro atoms. The summed E-state index contributed by atoms with van der Waals surface area (Å²) < 4.78 is 33.3. The lowest BCUT2D eigenvalue weighted by Crippen LogP contribution is -2.40. The third-order valence-electron chi connectivity index (χ3n) is 6.60. The second kappa shape index (κ2) is 12.6. The summed E-state index contributed by atoms with van der Waals surface area (Å²) in [5, 5.41) is 0. The van der Waals surface area contributed by atoms with Crippen LogP contribution < -0.4 is 24.4 Å². The van der Waals surface area contributed by atoms with Gasteiger partial charge in [0.15, 0.2) is 4.80 Å². The highest BCUT2D eigenvalue weighted by molar-refractivity contribution is 7.07. The average Bonchev–Trinajstić information content (AvgIpc) is 3.26. The van der Waals surface area contributed by atoms with E-state index in [1.807, 2.05) is 50.2 Å². The smallest absolute Gasteiger partial charge is 0.338 e. The number of para-hydroxylation sites is 1. The Morgan fingerprint density at radius 1 is 1.10 bits per heavy atom. The number of benzene rings is 3. The van der Waals surface area contributed by atoms with Crippen LogP contribution in [0, 0.1) is 5.82 Å². The number of halogens is 1. The summed E-state index contributed by atoms with van der Waals surface area (Å²) in [6.07, 6.45) is 1.64. The molecule has 0 saturated carbocycles. The van der Waals surface area contributed by atoms with Crippen LogP contribution in [0.2, 0.25) is 0 Å². The molecule has 1 aromatic heterocycles. The predicted molar refractivity (Wildman–Crippen MR) is 160 cm³/mol. The van der Waals surface area contributed by atoms with Crippen LogP contribution in [0.1, 0.15) is 50.4 Å². The zero-order chi connectivity index (χ0) is 29.8. The zero-order valence-corrected chi connectivity index (χ0v) is 24.6. The average molecular weight is 587 g/mol. The first-order valence-corrected chi connectivity index (χ1v) is 14.5. The van der Waals surface area contributed by atoms with E-state index < -0.39 is 12.0 Å². The van der Waals surface area contributed by atoms with Crippen molar-refractivity contribution >= 4 is 23.4 Å². The van der Waals surface area contributed by atoms with Gasteiger partial charge in [-0.1, -0.05) is 59.9 Å². The molecule has 3 aromatic carbocycles. The van der Waals surface area contributed by atoms with Crippen LogP contribution in [0.15, 0.2) is 93.9 Å². The number of hydrogen-bond donors (Lipinski definition) is 0. The molecule has 4 aromatic rings. The molecular formula is C33H31FN2O5S. The van der Waals surface area contributed by atoms with E-state index in [1.165, 1.54) is 22.0 Å². The molecule has 42 heavy (non-hydrogen) atoms. The van der Waals surface area contributed by atoms with E-state index in [1.54, 1.807) is 50.3 Å². The summed E-state index contributed by atoms with van der Waals surface area (Å²) in [5.74, 6) is 0.250. The lowest BCUT2D eigenvalue weighted by atomic mass is 9.95. The Hall–Kier alpha value is -4.50. The number of thiazole rings is 1. The molecule has 1 aliphatic rings. The normalized spacial score (nSPS) is 14.9. The Morgan fingerprint density at radius 2 is 1.86 bits per heavy atom. The Kier molecular flexibility index (Phi) is 8.68. The number of hydrogen-bond acceptors (Lipinski definition) is 7. The molecule has 2 heterocycles. The number of fused-ring (bicyclic) bond motifs is 1. The van der Waals surface area contributed by atoms with E-state index in [2.05, 4.69) is 4.99 Å².